The van der Waals surface area contributed by atoms with Crippen LogP contribution in [0.15, 0.2) is 34.1 Å². The minimum Gasteiger partial charge on any atom is -0.399 e. The molecule has 0 aliphatic carbocycles. The van der Waals surface area contributed by atoms with Crippen LogP contribution in [-0.4, -0.2) is 53.9 Å². The highest BCUT2D eigenvalue weighted by Gasteiger charge is 2.24. The van der Waals surface area contributed by atoms with Gasteiger partial charge < -0.3 is 20.3 Å². The predicted octanol–water partition coefficient (Wildman–Crippen LogP) is 4.90. The monoisotopic (exact) mass is 539 g/mol. The molecule has 2 N–H and O–H groups in total. The van der Waals surface area contributed by atoms with E-state index in [2.05, 4.69) is 26.6 Å². The first-order valence-electron chi connectivity index (χ1n) is 10.3. The van der Waals surface area contributed by atoms with Crippen LogP contribution >= 0.6 is 39.0 Å². The zero-order valence-electron chi connectivity index (χ0n) is 18.0. The average Bonchev–Trinajstić information content (AvgIpc) is 3.42. The Labute approximate surface area is 204 Å². The van der Waals surface area contributed by atoms with Crippen LogP contribution in [0.3, 0.4) is 0 Å². The summed E-state index contributed by atoms with van der Waals surface area (Å²) in [5.74, 6) is 0.396. The summed E-state index contributed by atoms with van der Waals surface area (Å²) >= 11 is 6.20. The van der Waals surface area contributed by atoms with Crippen molar-refractivity contribution in [1.82, 2.24) is 10.2 Å². The number of carbonyl (C=O) groups excluding carboxylic acids is 3. The van der Waals surface area contributed by atoms with Crippen LogP contribution in [0.4, 0.5) is 10.5 Å². The number of nitrogens with one attached hydrogen (secondary N) is 2. The summed E-state index contributed by atoms with van der Waals surface area (Å²) in [4.78, 5) is 39.7. The number of hydrogen-bond donors (Lipinski definition) is 2. The van der Waals surface area contributed by atoms with Gasteiger partial charge in [-0.3, -0.25) is 9.59 Å². The highest BCUT2D eigenvalue weighted by atomic mass is 79.9. The Kier molecular flexibility index (Phi) is 9.01. The van der Waals surface area contributed by atoms with E-state index in [-0.39, 0.29) is 11.8 Å². The summed E-state index contributed by atoms with van der Waals surface area (Å²) < 4.78 is 6.11. The number of rotatable bonds is 8. The molecule has 1 atom stereocenters. The fourth-order valence-electron chi connectivity index (χ4n) is 3.42. The van der Waals surface area contributed by atoms with Crippen LogP contribution in [-0.2, 0) is 4.79 Å². The lowest BCUT2D eigenvalue weighted by Crippen LogP contribution is -2.45. The van der Waals surface area contributed by atoms with Crippen molar-refractivity contribution in [3.63, 3.8) is 0 Å². The van der Waals surface area contributed by atoms with Crippen molar-refractivity contribution in [2.75, 3.05) is 30.4 Å². The van der Waals surface area contributed by atoms with E-state index >= 15 is 0 Å². The number of halogens is 1. The van der Waals surface area contributed by atoms with E-state index in [9.17, 15) is 14.4 Å². The Morgan fingerprint density at radius 1 is 1.22 bits per heavy atom. The minimum absolute atomic E-state index is 0.0281. The first-order chi connectivity index (χ1) is 15.4. The number of nitrogens with zero attached hydrogens (tertiary/aromatic N) is 1. The Hall–Kier alpha value is -2.04. The van der Waals surface area contributed by atoms with E-state index < -0.39 is 12.1 Å². The number of benzene rings is 1. The van der Waals surface area contributed by atoms with Crippen LogP contribution in [0.5, 0.6) is 5.06 Å². The summed E-state index contributed by atoms with van der Waals surface area (Å²) in [7, 11) is 0. The molecule has 1 aliphatic rings. The first kappa shape index (κ1) is 24.6. The molecule has 0 spiro atoms. The smallest absolute Gasteiger partial charge is 0.399 e. The van der Waals surface area contributed by atoms with Crippen LogP contribution in [0.1, 0.15) is 35.2 Å². The van der Waals surface area contributed by atoms with E-state index in [0.717, 1.165) is 35.3 Å². The number of likely N-dealkylation sites (tertiary alicyclic amines) is 1. The second-order valence-electron chi connectivity index (χ2n) is 7.44. The molecule has 1 saturated heterocycles. The zero-order valence-corrected chi connectivity index (χ0v) is 21.2. The molecule has 0 bridgehead atoms. The molecule has 0 saturated carbocycles. The predicted molar refractivity (Wildman–Crippen MR) is 133 cm³/mol. The number of aryl methyl sites for hydroxylation is 1. The molecule has 2 aromatic rings. The largest absolute Gasteiger partial charge is 0.414 e. The molecule has 1 aromatic carbocycles. The lowest BCUT2D eigenvalue weighted by atomic mass is 10.1. The molecular formula is C22H26BrN3O4S2. The standard InChI is InChI=1S/C22H26BrN3O4S2/c1-14-13-15(5-6-16(14)21(28)26-10-3-4-11-26)24-20(27)17(9-12-31-2)25-22(29)30-19-8-7-18(23)32-19/h5-8,13,17H,3-4,9-12H2,1-2H3,(H,24,27)(H,25,29). The maximum atomic E-state index is 12.9. The summed E-state index contributed by atoms with van der Waals surface area (Å²) in [6.07, 6.45) is 3.80. The number of hydrogen-bond acceptors (Lipinski definition) is 6. The average molecular weight is 541 g/mol. The van der Waals surface area contributed by atoms with Crippen molar-refractivity contribution in [3.05, 3.63) is 45.2 Å². The van der Waals surface area contributed by atoms with E-state index in [1.165, 1.54) is 11.3 Å². The molecule has 0 radical (unpaired) electrons. The van der Waals surface area contributed by atoms with Crippen molar-refractivity contribution in [2.24, 2.45) is 0 Å². The molecule has 1 aromatic heterocycles. The van der Waals surface area contributed by atoms with E-state index in [1.54, 1.807) is 42.1 Å². The number of amides is 3. The molecule has 7 nitrogen and oxygen atoms in total. The van der Waals surface area contributed by atoms with Crippen molar-refractivity contribution >= 4 is 62.6 Å². The summed E-state index contributed by atoms with van der Waals surface area (Å²) in [5.41, 5.74) is 2.03. The quantitative estimate of drug-likeness (QED) is 0.497. The van der Waals surface area contributed by atoms with Crippen LogP contribution in [0, 0.1) is 6.92 Å². The van der Waals surface area contributed by atoms with Crippen molar-refractivity contribution in [1.29, 1.82) is 0 Å². The molecule has 3 amide bonds. The number of ether oxygens (including phenoxy) is 1. The lowest BCUT2D eigenvalue weighted by Gasteiger charge is -2.19. The minimum atomic E-state index is -0.746. The topological polar surface area (TPSA) is 87.7 Å². The van der Waals surface area contributed by atoms with Gasteiger partial charge in [-0.05, 0) is 90.0 Å². The van der Waals surface area contributed by atoms with Crippen molar-refractivity contribution in [3.8, 4) is 5.06 Å². The summed E-state index contributed by atoms with van der Waals surface area (Å²) in [6, 6.07) is 7.98. The van der Waals surface area contributed by atoms with Gasteiger partial charge in [0.05, 0.1) is 3.79 Å². The molecular weight excluding hydrogens is 514 g/mol. The van der Waals surface area contributed by atoms with Gasteiger partial charge in [0.2, 0.25) is 5.91 Å². The number of thiophene rings is 1. The van der Waals surface area contributed by atoms with Gasteiger partial charge in [-0.25, -0.2) is 4.79 Å². The van der Waals surface area contributed by atoms with E-state index in [1.807, 2.05) is 18.1 Å². The third kappa shape index (κ3) is 6.73. The van der Waals surface area contributed by atoms with Crippen LogP contribution in [0.2, 0.25) is 0 Å². The molecule has 172 valence electrons. The van der Waals surface area contributed by atoms with Crippen molar-refractivity contribution < 1.29 is 19.1 Å². The van der Waals surface area contributed by atoms with E-state index in [4.69, 9.17) is 4.74 Å². The second kappa shape index (κ2) is 11.7. The third-order valence-corrected chi connectivity index (χ3v) is 7.22. The normalized spacial score (nSPS) is 14.2. The molecule has 1 aliphatic heterocycles. The van der Waals surface area contributed by atoms with Crippen LogP contribution in [0.25, 0.3) is 0 Å². The van der Waals surface area contributed by atoms with Gasteiger partial charge in [0.15, 0.2) is 5.06 Å². The molecule has 2 heterocycles. The Bertz CT molecular complexity index is 976. The maximum Gasteiger partial charge on any atom is 0.414 e. The van der Waals surface area contributed by atoms with Gasteiger partial charge in [0.1, 0.15) is 6.04 Å². The molecule has 1 unspecified atom stereocenters. The van der Waals surface area contributed by atoms with Gasteiger partial charge in [-0.1, -0.05) is 11.3 Å². The zero-order chi connectivity index (χ0) is 23.1. The molecule has 1 fully saturated rings. The van der Waals surface area contributed by atoms with Crippen LogP contribution < -0.4 is 15.4 Å². The SMILES string of the molecule is CSCCC(NC(=O)Oc1ccc(Br)s1)C(=O)Nc1ccc(C(=O)N2CCCC2)c(C)c1. The van der Waals surface area contributed by atoms with E-state index in [0.29, 0.717) is 28.5 Å². The van der Waals surface area contributed by atoms with Gasteiger partial charge in [0.25, 0.3) is 5.91 Å². The molecule has 32 heavy (non-hydrogen) atoms. The molecule has 3 rings (SSSR count). The number of carbonyl (C=O) groups is 3. The summed E-state index contributed by atoms with van der Waals surface area (Å²) in [6.45, 7) is 3.44. The van der Waals surface area contributed by atoms with Gasteiger partial charge >= 0.3 is 6.09 Å². The Balaban J connectivity index is 1.63. The third-order valence-electron chi connectivity index (χ3n) is 5.08. The molecule has 10 heteroatoms. The summed E-state index contributed by atoms with van der Waals surface area (Å²) in [5, 5.41) is 5.94. The van der Waals surface area contributed by atoms with Gasteiger partial charge in [-0.15, -0.1) is 0 Å². The van der Waals surface area contributed by atoms with Crippen molar-refractivity contribution in [2.45, 2.75) is 32.2 Å². The fraction of sp³-hybridized carbons (Fsp3) is 0.409. The Morgan fingerprint density at radius 2 is 1.97 bits per heavy atom. The van der Waals surface area contributed by atoms with Gasteiger partial charge in [0, 0.05) is 24.3 Å². The number of thioether (sulfide) groups is 1. The fourth-order valence-corrected chi connectivity index (χ4v) is 5.09. The number of anilines is 1. The van der Waals surface area contributed by atoms with Gasteiger partial charge in [-0.2, -0.15) is 11.8 Å². The lowest BCUT2D eigenvalue weighted by molar-refractivity contribution is -0.118. The highest BCUT2D eigenvalue weighted by molar-refractivity contribution is 9.11. The maximum absolute atomic E-state index is 12.9. The first-order valence-corrected chi connectivity index (χ1v) is 13.3. The highest BCUT2D eigenvalue weighted by Crippen LogP contribution is 2.28. The Morgan fingerprint density at radius 3 is 2.59 bits per heavy atom. The second-order valence-corrected chi connectivity index (χ2v) is 10.9.